The van der Waals surface area contributed by atoms with Crippen LogP contribution in [0, 0.1) is 5.92 Å². The number of hydrogen-bond donors (Lipinski definition) is 3. The maximum Gasteiger partial charge on any atom is 0.157 e. The van der Waals surface area contributed by atoms with Gasteiger partial charge in [-0.2, -0.15) is 0 Å². The Morgan fingerprint density at radius 3 is 2.93 bits per heavy atom. The first-order valence-electron chi connectivity index (χ1n) is 10.2. The van der Waals surface area contributed by atoms with Crippen LogP contribution < -0.4 is 16.2 Å². The van der Waals surface area contributed by atoms with Gasteiger partial charge in [-0.1, -0.05) is 41.7 Å². The van der Waals surface area contributed by atoms with Crippen LogP contribution in [0.2, 0.25) is 0 Å². The van der Waals surface area contributed by atoms with Crippen molar-refractivity contribution in [2.24, 2.45) is 5.92 Å². The van der Waals surface area contributed by atoms with Gasteiger partial charge in [-0.25, -0.2) is 15.0 Å². The molecule has 3 aromatic rings. The molecule has 0 spiro atoms. The van der Waals surface area contributed by atoms with Crippen LogP contribution in [0.15, 0.2) is 36.7 Å². The van der Waals surface area contributed by atoms with Crippen molar-refractivity contribution < 1.29 is 4.74 Å². The minimum Gasteiger partial charge on any atom is -0.379 e. The molecule has 5 rings (SSSR count). The van der Waals surface area contributed by atoms with E-state index in [0.717, 1.165) is 53.4 Å². The number of methoxy groups -OCH3 is 1. The second-order valence-corrected chi connectivity index (χ2v) is 8.92. The topological polar surface area (TPSA) is 84.0 Å². The first-order valence-corrected chi connectivity index (χ1v) is 11.0. The Hall–Kier alpha value is -2.13. The number of aromatic nitrogens is 3. The molecule has 1 aromatic carbocycles. The number of ether oxygens (including phenoxy) is 1. The predicted molar refractivity (Wildman–Crippen MR) is 115 cm³/mol. The van der Waals surface area contributed by atoms with Gasteiger partial charge < -0.3 is 10.1 Å². The molecule has 4 unspecified atom stereocenters. The molecule has 3 heterocycles. The van der Waals surface area contributed by atoms with Crippen LogP contribution in [0.3, 0.4) is 0 Å². The third kappa shape index (κ3) is 3.98. The number of nitrogens with zero attached hydrogens (tertiary/aromatic N) is 3. The number of anilines is 1. The molecule has 2 aliphatic rings. The molecule has 0 amide bonds. The van der Waals surface area contributed by atoms with Gasteiger partial charge in [0.25, 0.3) is 0 Å². The first kappa shape index (κ1) is 18.9. The van der Waals surface area contributed by atoms with Crippen molar-refractivity contribution in [1.82, 2.24) is 25.8 Å². The molecule has 0 radical (unpaired) electrons. The number of hydrogen-bond acceptors (Lipinski definition) is 8. The minimum absolute atomic E-state index is 0.143. The molecule has 3 N–H and O–H groups in total. The number of rotatable bonds is 6. The van der Waals surface area contributed by atoms with Gasteiger partial charge in [-0.3, -0.25) is 10.9 Å². The molecule has 4 atom stereocenters. The Balaban J connectivity index is 1.34. The van der Waals surface area contributed by atoms with Crippen molar-refractivity contribution in [2.75, 3.05) is 19.0 Å². The van der Waals surface area contributed by atoms with Gasteiger partial charge in [0.05, 0.1) is 17.2 Å². The summed E-state index contributed by atoms with van der Waals surface area (Å²) in [5, 5.41) is 4.74. The molecule has 2 fully saturated rings. The molecule has 2 aromatic heterocycles. The van der Waals surface area contributed by atoms with Gasteiger partial charge in [0.15, 0.2) is 5.82 Å². The van der Waals surface area contributed by atoms with Crippen molar-refractivity contribution >= 4 is 27.5 Å². The normalized spacial score (nSPS) is 26.5. The number of nitrogens with one attached hydrogen (secondary N) is 3. The third-order valence-corrected chi connectivity index (χ3v) is 7.07. The zero-order valence-corrected chi connectivity index (χ0v) is 17.3. The van der Waals surface area contributed by atoms with Crippen molar-refractivity contribution in [3.8, 4) is 0 Å². The molecule has 152 valence electrons. The highest BCUT2D eigenvalue weighted by Gasteiger charge is 2.40. The van der Waals surface area contributed by atoms with E-state index < -0.39 is 0 Å². The summed E-state index contributed by atoms with van der Waals surface area (Å²) in [6.07, 6.45) is 5.70. The van der Waals surface area contributed by atoms with E-state index in [0.29, 0.717) is 12.0 Å². The Labute approximate surface area is 174 Å². The smallest absolute Gasteiger partial charge is 0.157 e. The highest BCUT2D eigenvalue weighted by Crippen LogP contribution is 2.32. The van der Waals surface area contributed by atoms with E-state index in [-0.39, 0.29) is 12.1 Å². The van der Waals surface area contributed by atoms with E-state index in [1.807, 2.05) is 6.07 Å². The highest BCUT2D eigenvalue weighted by molar-refractivity contribution is 7.18. The van der Waals surface area contributed by atoms with Crippen LogP contribution in [0.4, 0.5) is 5.82 Å². The van der Waals surface area contributed by atoms with Crippen molar-refractivity contribution in [1.29, 1.82) is 0 Å². The zero-order valence-electron chi connectivity index (χ0n) is 16.5. The lowest BCUT2D eigenvalue weighted by Crippen LogP contribution is -2.48. The summed E-state index contributed by atoms with van der Waals surface area (Å²) >= 11 is 1.66. The molecule has 8 heteroatoms. The number of thiazole rings is 1. The average molecular weight is 411 g/mol. The van der Waals surface area contributed by atoms with Crippen molar-refractivity contribution in [3.63, 3.8) is 0 Å². The van der Waals surface area contributed by atoms with E-state index in [9.17, 15) is 0 Å². The predicted octanol–water partition coefficient (Wildman–Crippen LogP) is 2.55. The van der Waals surface area contributed by atoms with Gasteiger partial charge in [0, 0.05) is 26.1 Å². The lowest BCUT2D eigenvalue weighted by atomic mass is 9.81. The number of benzene rings is 1. The standard InChI is InChI=1S/C21H26N6OS/c1-28-17-10-15-14(11-24-27-15)9-16(17)25-20-19-21(23-12-22-20)29-18(26-19)8-7-13-5-3-2-4-6-13/h2-6,12,14-17,24,27H,7-11H2,1H3,(H,22,23,25). The molecule has 29 heavy (non-hydrogen) atoms. The summed E-state index contributed by atoms with van der Waals surface area (Å²) in [5.74, 6) is 1.43. The van der Waals surface area contributed by atoms with Crippen LogP contribution in [0.1, 0.15) is 23.4 Å². The van der Waals surface area contributed by atoms with E-state index in [1.165, 1.54) is 5.56 Å². The molecular weight excluding hydrogens is 384 g/mol. The van der Waals surface area contributed by atoms with Gasteiger partial charge in [-0.05, 0) is 30.7 Å². The molecule has 1 saturated heterocycles. The van der Waals surface area contributed by atoms with Gasteiger partial charge in [0.1, 0.15) is 16.7 Å². The second-order valence-electron chi connectivity index (χ2n) is 7.86. The molecule has 1 aliphatic carbocycles. The molecule has 7 nitrogen and oxygen atoms in total. The maximum atomic E-state index is 5.80. The Kier molecular flexibility index (Phi) is 5.41. The quantitative estimate of drug-likeness (QED) is 0.576. The fraction of sp³-hybridized carbons (Fsp3) is 0.476. The van der Waals surface area contributed by atoms with Gasteiger partial charge in [0.2, 0.25) is 0 Å². The lowest BCUT2D eigenvalue weighted by molar-refractivity contribution is 0.0402. The molecule has 1 aliphatic heterocycles. The Morgan fingerprint density at radius 1 is 1.17 bits per heavy atom. The van der Waals surface area contributed by atoms with Gasteiger partial charge in [-0.15, -0.1) is 0 Å². The van der Waals surface area contributed by atoms with Crippen LogP contribution in [0.5, 0.6) is 0 Å². The minimum atomic E-state index is 0.143. The summed E-state index contributed by atoms with van der Waals surface area (Å²) < 4.78 is 5.80. The van der Waals surface area contributed by atoms with E-state index >= 15 is 0 Å². The van der Waals surface area contributed by atoms with Crippen LogP contribution in [-0.2, 0) is 17.6 Å². The Bertz CT molecular complexity index is 964. The van der Waals surface area contributed by atoms with Crippen LogP contribution >= 0.6 is 11.3 Å². The summed E-state index contributed by atoms with van der Waals surface area (Å²) in [6, 6.07) is 11.2. The van der Waals surface area contributed by atoms with E-state index in [4.69, 9.17) is 9.72 Å². The average Bonchev–Trinajstić information content (AvgIpc) is 3.39. The molecule has 0 bridgehead atoms. The maximum absolute atomic E-state index is 5.80. The third-order valence-electron chi connectivity index (χ3n) is 6.05. The number of hydrazine groups is 1. The van der Waals surface area contributed by atoms with Gasteiger partial charge >= 0.3 is 0 Å². The monoisotopic (exact) mass is 410 g/mol. The lowest BCUT2D eigenvalue weighted by Gasteiger charge is -2.37. The first-order chi connectivity index (χ1) is 14.3. The number of fused-ring (bicyclic) bond motifs is 2. The molecular formula is C21H26N6OS. The van der Waals surface area contributed by atoms with Crippen molar-refractivity contribution in [2.45, 2.75) is 43.9 Å². The largest absolute Gasteiger partial charge is 0.379 e. The van der Waals surface area contributed by atoms with E-state index in [1.54, 1.807) is 24.8 Å². The Morgan fingerprint density at radius 2 is 2.07 bits per heavy atom. The summed E-state index contributed by atoms with van der Waals surface area (Å²) in [5.41, 5.74) is 8.86. The fourth-order valence-corrected chi connectivity index (χ4v) is 5.37. The molecule has 1 saturated carbocycles. The highest BCUT2D eigenvalue weighted by atomic mass is 32.1. The fourth-order valence-electron chi connectivity index (χ4n) is 4.47. The zero-order chi connectivity index (χ0) is 19.6. The van der Waals surface area contributed by atoms with Crippen LogP contribution in [-0.4, -0.2) is 46.8 Å². The van der Waals surface area contributed by atoms with E-state index in [2.05, 4.69) is 50.4 Å². The summed E-state index contributed by atoms with van der Waals surface area (Å²) in [7, 11) is 1.79. The van der Waals surface area contributed by atoms with Crippen molar-refractivity contribution in [3.05, 3.63) is 47.2 Å². The number of aryl methyl sites for hydroxylation is 2. The summed E-state index contributed by atoms with van der Waals surface area (Å²) in [4.78, 5) is 14.8. The van der Waals surface area contributed by atoms with Crippen LogP contribution in [0.25, 0.3) is 10.3 Å². The second kappa shape index (κ2) is 8.31. The SMILES string of the molecule is COC1CC2NNCC2CC1Nc1ncnc2sc(CCc3ccccc3)nc12. The summed E-state index contributed by atoms with van der Waals surface area (Å²) in [6.45, 7) is 0.999.